The second-order valence-corrected chi connectivity index (χ2v) is 7.07. The molecule has 1 fully saturated rings. The van der Waals surface area contributed by atoms with Crippen LogP contribution in [0, 0.1) is 0 Å². The van der Waals surface area contributed by atoms with Gasteiger partial charge in [-0.2, -0.15) is 0 Å². The quantitative estimate of drug-likeness (QED) is 0.665. The third kappa shape index (κ3) is 4.15. The van der Waals surface area contributed by atoms with Crippen LogP contribution in [0.4, 0.5) is 0 Å². The smallest absolute Gasteiger partial charge is 0.305 e. The number of aromatic hydroxyl groups is 1. The molecule has 144 valence electrons. The van der Waals surface area contributed by atoms with Gasteiger partial charge in [-0.15, -0.1) is 0 Å². The minimum Gasteiger partial charge on any atom is -0.508 e. The molecule has 0 bridgehead atoms. The van der Waals surface area contributed by atoms with Gasteiger partial charge in [-0.25, -0.2) is 0 Å². The van der Waals surface area contributed by atoms with Crippen molar-refractivity contribution in [2.75, 3.05) is 32.8 Å². The maximum Gasteiger partial charge on any atom is 0.305 e. The molecule has 2 N–H and O–H groups in total. The average molecular weight is 369 g/mol. The Morgan fingerprint density at radius 2 is 1.85 bits per heavy atom. The zero-order valence-corrected chi connectivity index (χ0v) is 15.7. The van der Waals surface area contributed by atoms with Crippen molar-refractivity contribution < 1.29 is 19.7 Å². The molecule has 5 heteroatoms. The fourth-order valence-corrected chi connectivity index (χ4v) is 3.97. The van der Waals surface area contributed by atoms with Gasteiger partial charge in [0.1, 0.15) is 5.75 Å². The second kappa shape index (κ2) is 8.55. The predicted octanol–water partition coefficient (Wildman–Crippen LogP) is 3.05. The lowest BCUT2D eigenvalue weighted by Crippen LogP contribution is -2.60. The van der Waals surface area contributed by atoms with E-state index in [1.165, 1.54) is 5.56 Å². The summed E-state index contributed by atoms with van der Waals surface area (Å²) in [4.78, 5) is 13.0. The van der Waals surface area contributed by atoms with Gasteiger partial charge < -0.3 is 19.8 Å². The standard InChI is InChI=1S/C22H27NO4/c1-2-23-15-22(16-23,18-8-4-3-5-9-18)21-17(7-6-10-19(21)24)11-13-27-14-12-20(25)26/h3-10,24H,2,11-16H2,1H3,(H,25,26). The average Bonchev–Trinajstić information content (AvgIpc) is 2.63. The van der Waals surface area contributed by atoms with E-state index in [4.69, 9.17) is 9.84 Å². The summed E-state index contributed by atoms with van der Waals surface area (Å²) < 4.78 is 5.48. The Morgan fingerprint density at radius 1 is 1.11 bits per heavy atom. The van der Waals surface area contributed by atoms with Gasteiger partial charge in [-0.1, -0.05) is 49.4 Å². The summed E-state index contributed by atoms with van der Waals surface area (Å²) in [7, 11) is 0. The number of benzene rings is 2. The molecule has 0 saturated carbocycles. The number of phenolic OH excluding ortho intramolecular Hbond substituents is 1. The topological polar surface area (TPSA) is 70.0 Å². The van der Waals surface area contributed by atoms with Crippen LogP contribution in [-0.2, 0) is 21.4 Å². The summed E-state index contributed by atoms with van der Waals surface area (Å²) >= 11 is 0. The third-order valence-corrected chi connectivity index (χ3v) is 5.34. The van der Waals surface area contributed by atoms with Gasteiger partial charge in [0.05, 0.1) is 19.6 Å². The molecule has 2 aromatic carbocycles. The molecule has 1 heterocycles. The molecule has 5 nitrogen and oxygen atoms in total. The molecule has 0 aliphatic carbocycles. The van der Waals surface area contributed by atoms with Crippen LogP contribution in [0.25, 0.3) is 0 Å². The molecular weight excluding hydrogens is 342 g/mol. The van der Waals surface area contributed by atoms with Gasteiger partial charge in [0.2, 0.25) is 0 Å². The van der Waals surface area contributed by atoms with Gasteiger partial charge in [0.15, 0.2) is 0 Å². The van der Waals surface area contributed by atoms with Gasteiger partial charge >= 0.3 is 5.97 Å². The molecule has 0 spiro atoms. The normalized spacial score (nSPS) is 16.0. The number of rotatable bonds is 9. The highest BCUT2D eigenvalue weighted by atomic mass is 16.5. The number of likely N-dealkylation sites (tertiary alicyclic amines) is 1. The highest BCUT2D eigenvalue weighted by molar-refractivity contribution is 5.66. The lowest BCUT2D eigenvalue weighted by atomic mass is 9.66. The molecule has 0 atom stereocenters. The Hall–Kier alpha value is -2.37. The fourth-order valence-electron chi connectivity index (χ4n) is 3.97. The number of carboxylic acids is 1. The van der Waals surface area contributed by atoms with E-state index >= 15 is 0 Å². The molecule has 0 amide bonds. The first-order valence-corrected chi connectivity index (χ1v) is 9.45. The predicted molar refractivity (Wildman–Crippen MR) is 104 cm³/mol. The number of phenols is 1. The zero-order chi connectivity index (χ0) is 19.3. The van der Waals surface area contributed by atoms with Gasteiger partial charge in [0.25, 0.3) is 0 Å². The largest absolute Gasteiger partial charge is 0.508 e. The zero-order valence-electron chi connectivity index (χ0n) is 15.7. The minimum atomic E-state index is -0.856. The van der Waals surface area contributed by atoms with E-state index in [9.17, 15) is 9.90 Å². The maximum atomic E-state index is 10.8. The lowest BCUT2D eigenvalue weighted by molar-refractivity contribution is -0.138. The van der Waals surface area contributed by atoms with E-state index < -0.39 is 5.97 Å². The van der Waals surface area contributed by atoms with Gasteiger partial charge in [-0.05, 0) is 30.2 Å². The van der Waals surface area contributed by atoms with Crippen molar-refractivity contribution in [3.63, 3.8) is 0 Å². The maximum absolute atomic E-state index is 10.8. The Labute approximate surface area is 160 Å². The highest BCUT2D eigenvalue weighted by Crippen LogP contribution is 2.46. The molecule has 2 aromatic rings. The Kier molecular flexibility index (Phi) is 6.14. The lowest BCUT2D eigenvalue weighted by Gasteiger charge is -2.51. The Balaban J connectivity index is 1.86. The number of hydrogen-bond acceptors (Lipinski definition) is 4. The van der Waals surface area contributed by atoms with Crippen LogP contribution >= 0.6 is 0 Å². The van der Waals surface area contributed by atoms with E-state index in [2.05, 4.69) is 24.0 Å². The number of hydrogen-bond donors (Lipinski definition) is 2. The van der Waals surface area contributed by atoms with E-state index in [0.29, 0.717) is 18.8 Å². The fraction of sp³-hybridized carbons (Fsp3) is 0.409. The van der Waals surface area contributed by atoms with Crippen LogP contribution in [0.1, 0.15) is 30.0 Å². The van der Waals surface area contributed by atoms with Crippen LogP contribution in [0.3, 0.4) is 0 Å². The van der Waals surface area contributed by atoms with Crippen molar-refractivity contribution in [1.82, 2.24) is 4.90 Å². The van der Waals surface area contributed by atoms with Crippen molar-refractivity contribution in [1.29, 1.82) is 0 Å². The summed E-state index contributed by atoms with van der Waals surface area (Å²) in [5, 5.41) is 19.5. The number of ether oxygens (including phenoxy) is 1. The van der Waals surface area contributed by atoms with Crippen molar-refractivity contribution in [3.8, 4) is 5.75 Å². The van der Waals surface area contributed by atoms with E-state index in [1.54, 1.807) is 6.07 Å². The van der Waals surface area contributed by atoms with E-state index in [1.807, 2.05) is 30.3 Å². The molecule has 0 unspecified atom stereocenters. The summed E-state index contributed by atoms with van der Waals surface area (Å²) in [6.07, 6.45) is 0.649. The SMILES string of the molecule is CCN1CC(c2ccccc2)(c2c(O)cccc2CCOCCC(=O)O)C1. The highest BCUT2D eigenvalue weighted by Gasteiger charge is 2.47. The first-order chi connectivity index (χ1) is 13.1. The molecule has 1 aliphatic heterocycles. The van der Waals surface area contributed by atoms with Crippen LogP contribution in [0.5, 0.6) is 5.75 Å². The molecule has 0 aromatic heterocycles. The van der Waals surface area contributed by atoms with Crippen molar-refractivity contribution >= 4 is 5.97 Å². The summed E-state index contributed by atoms with van der Waals surface area (Å²) in [5.41, 5.74) is 3.02. The summed E-state index contributed by atoms with van der Waals surface area (Å²) in [6.45, 7) is 5.52. The minimum absolute atomic E-state index is 0.00626. The molecule has 1 saturated heterocycles. The number of nitrogens with zero attached hydrogens (tertiary/aromatic N) is 1. The summed E-state index contributed by atoms with van der Waals surface area (Å²) in [5.74, 6) is -0.539. The number of likely N-dealkylation sites (N-methyl/N-ethyl adjacent to an activating group) is 1. The van der Waals surface area contributed by atoms with Crippen molar-refractivity contribution in [2.24, 2.45) is 0 Å². The third-order valence-electron chi connectivity index (χ3n) is 5.34. The van der Waals surface area contributed by atoms with Crippen LogP contribution in [-0.4, -0.2) is 53.9 Å². The number of carbonyl (C=O) groups is 1. The van der Waals surface area contributed by atoms with Crippen molar-refractivity contribution in [2.45, 2.75) is 25.2 Å². The molecule has 0 radical (unpaired) electrons. The molecule has 1 aliphatic rings. The number of aliphatic carboxylic acids is 1. The Bertz CT molecular complexity index is 769. The molecular formula is C22H27NO4. The van der Waals surface area contributed by atoms with E-state index in [-0.39, 0.29) is 18.4 Å². The Morgan fingerprint density at radius 3 is 2.52 bits per heavy atom. The van der Waals surface area contributed by atoms with E-state index in [0.717, 1.165) is 30.8 Å². The number of carboxylic acid groups (broad SMARTS) is 1. The summed E-state index contributed by atoms with van der Waals surface area (Å²) in [6, 6.07) is 16.0. The first-order valence-electron chi connectivity index (χ1n) is 9.45. The second-order valence-electron chi connectivity index (χ2n) is 7.07. The monoisotopic (exact) mass is 369 g/mol. The first kappa shape index (κ1) is 19.4. The van der Waals surface area contributed by atoms with Gasteiger partial charge in [0, 0.05) is 24.1 Å². The van der Waals surface area contributed by atoms with Crippen LogP contribution in [0.2, 0.25) is 0 Å². The van der Waals surface area contributed by atoms with Gasteiger partial charge in [-0.3, -0.25) is 4.79 Å². The van der Waals surface area contributed by atoms with Crippen LogP contribution in [0.15, 0.2) is 48.5 Å². The van der Waals surface area contributed by atoms with Crippen LogP contribution < -0.4 is 0 Å². The molecule has 27 heavy (non-hydrogen) atoms. The molecule has 3 rings (SSSR count). The van der Waals surface area contributed by atoms with Crippen molar-refractivity contribution in [3.05, 3.63) is 65.2 Å².